The van der Waals surface area contributed by atoms with Crippen LogP contribution in [0.2, 0.25) is 0 Å². The van der Waals surface area contributed by atoms with E-state index in [-0.39, 0.29) is 17.0 Å². The number of ketones is 1. The molecule has 0 saturated heterocycles. The summed E-state index contributed by atoms with van der Waals surface area (Å²) >= 11 is 0. The Bertz CT molecular complexity index is 349. The minimum absolute atomic E-state index is 0.0516. The van der Waals surface area contributed by atoms with Gasteiger partial charge >= 0.3 is 7.12 Å². The summed E-state index contributed by atoms with van der Waals surface area (Å²) in [5.74, 6) is -0.334. The third-order valence-corrected chi connectivity index (χ3v) is 1.95. The summed E-state index contributed by atoms with van der Waals surface area (Å²) < 4.78 is 0. The first-order chi connectivity index (χ1) is 6.56. The van der Waals surface area contributed by atoms with Crippen molar-refractivity contribution >= 4 is 18.4 Å². The number of benzene rings is 1. The van der Waals surface area contributed by atoms with Gasteiger partial charge in [-0.3, -0.25) is 4.79 Å². The zero-order chi connectivity index (χ0) is 10.7. The van der Waals surface area contributed by atoms with Gasteiger partial charge in [-0.25, -0.2) is 0 Å². The molecule has 14 heavy (non-hydrogen) atoms. The summed E-state index contributed by atoms with van der Waals surface area (Å²) in [4.78, 5) is 11.3. The Morgan fingerprint density at radius 3 is 2.57 bits per heavy atom. The highest BCUT2D eigenvalue weighted by molar-refractivity contribution is 6.59. The Labute approximate surface area is 82.0 Å². The predicted molar refractivity (Wildman–Crippen MR) is 52.6 cm³/mol. The van der Waals surface area contributed by atoms with E-state index in [1.165, 1.54) is 18.2 Å². The largest absolute Gasteiger partial charge is 0.508 e. The molecule has 0 unspecified atom stereocenters. The van der Waals surface area contributed by atoms with Gasteiger partial charge in [0.2, 0.25) is 0 Å². The van der Waals surface area contributed by atoms with Gasteiger partial charge in [-0.1, -0.05) is 6.92 Å². The zero-order valence-electron chi connectivity index (χ0n) is 7.77. The second kappa shape index (κ2) is 4.26. The molecule has 0 aliphatic carbocycles. The highest BCUT2D eigenvalue weighted by Gasteiger charge is 2.17. The summed E-state index contributed by atoms with van der Waals surface area (Å²) in [6, 6.07) is 4.01. The van der Waals surface area contributed by atoms with Crippen LogP contribution in [0, 0.1) is 0 Å². The minimum atomic E-state index is -1.76. The minimum Gasteiger partial charge on any atom is -0.508 e. The fraction of sp³-hybridized carbons (Fsp3) is 0.222. The van der Waals surface area contributed by atoms with E-state index in [9.17, 15) is 9.90 Å². The van der Waals surface area contributed by atoms with E-state index in [2.05, 4.69) is 0 Å². The van der Waals surface area contributed by atoms with Crippen molar-refractivity contribution in [3.05, 3.63) is 23.8 Å². The van der Waals surface area contributed by atoms with Gasteiger partial charge in [-0.2, -0.15) is 0 Å². The van der Waals surface area contributed by atoms with E-state index in [1.807, 2.05) is 0 Å². The van der Waals surface area contributed by atoms with Crippen LogP contribution in [0.25, 0.3) is 0 Å². The molecule has 0 spiro atoms. The zero-order valence-corrected chi connectivity index (χ0v) is 7.77. The van der Waals surface area contributed by atoms with E-state index in [1.54, 1.807) is 6.92 Å². The molecule has 0 bridgehead atoms. The quantitative estimate of drug-likeness (QED) is 0.454. The van der Waals surface area contributed by atoms with Crippen LogP contribution in [0.4, 0.5) is 0 Å². The number of aromatic hydroxyl groups is 1. The first-order valence-corrected chi connectivity index (χ1v) is 4.28. The molecule has 74 valence electrons. The lowest BCUT2D eigenvalue weighted by Gasteiger charge is -2.05. The smallest absolute Gasteiger partial charge is 0.492 e. The average molecular weight is 194 g/mol. The van der Waals surface area contributed by atoms with E-state index in [4.69, 9.17) is 10.0 Å². The fourth-order valence-electron chi connectivity index (χ4n) is 1.14. The summed E-state index contributed by atoms with van der Waals surface area (Å²) in [5, 5.41) is 27.0. The summed E-state index contributed by atoms with van der Waals surface area (Å²) in [6.07, 6.45) is 0.339. The predicted octanol–water partition coefficient (Wildman–Crippen LogP) is -0.335. The first-order valence-electron chi connectivity index (χ1n) is 4.28. The van der Waals surface area contributed by atoms with Gasteiger partial charge in [0, 0.05) is 17.4 Å². The molecule has 0 radical (unpaired) electrons. The second-order valence-electron chi connectivity index (χ2n) is 2.92. The number of hydrogen-bond acceptors (Lipinski definition) is 4. The summed E-state index contributed by atoms with van der Waals surface area (Å²) in [7, 11) is -1.76. The van der Waals surface area contributed by atoms with Crippen molar-refractivity contribution < 1.29 is 19.9 Å². The highest BCUT2D eigenvalue weighted by Crippen LogP contribution is 2.09. The maximum Gasteiger partial charge on any atom is 0.492 e. The molecule has 0 fully saturated rings. The maximum atomic E-state index is 11.3. The molecule has 0 aliphatic heterocycles. The number of Topliss-reactive ketones (excluding diaryl/α,β-unsaturated/α-hetero) is 1. The van der Waals surface area contributed by atoms with Gasteiger partial charge in [0.15, 0.2) is 5.78 Å². The van der Waals surface area contributed by atoms with Gasteiger partial charge in [0.25, 0.3) is 0 Å². The van der Waals surface area contributed by atoms with Crippen molar-refractivity contribution in [1.29, 1.82) is 0 Å². The molecule has 3 N–H and O–H groups in total. The Hall–Kier alpha value is -1.33. The third kappa shape index (κ3) is 2.13. The number of phenols is 1. The number of carbonyl (C=O) groups excluding carboxylic acids is 1. The van der Waals surface area contributed by atoms with Crippen LogP contribution in [-0.4, -0.2) is 28.1 Å². The summed E-state index contributed by atoms with van der Waals surface area (Å²) in [5.41, 5.74) is 0.317. The van der Waals surface area contributed by atoms with Gasteiger partial charge < -0.3 is 15.2 Å². The number of carbonyl (C=O) groups is 1. The normalized spacial score (nSPS) is 9.93. The molecule has 1 aromatic carbocycles. The maximum absolute atomic E-state index is 11.3. The van der Waals surface area contributed by atoms with Crippen molar-refractivity contribution in [1.82, 2.24) is 0 Å². The second-order valence-corrected chi connectivity index (χ2v) is 2.92. The molecule has 0 saturated carbocycles. The van der Waals surface area contributed by atoms with Crippen molar-refractivity contribution in [2.45, 2.75) is 13.3 Å². The Kier molecular flexibility index (Phi) is 3.27. The Balaban J connectivity index is 3.13. The van der Waals surface area contributed by atoms with E-state index >= 15 is 0 Å². The molecule has 5 heteroatoms. The molecular weight excluding hydrogens is 183 g/mol. The van der Waals surface area contributed by atoms with Crippen LogP contribution in [0.1, 0.15) is 23.7 Å². The Morgan fingerprint density at radius 1 is 1.43 bits per heavy atom. The van der Waals surface area contributed by atoms with Crippen LogP contribution < -0.4 is 5.46 Å². The molecular formula is C9H11BO4. The van der Waals surface area contributed by atoms with Gasteiger partial charge in [0.05, 0.1) is 0 Å². The molecule has 1 rings (SSSR count). The van der Waals surface area contributed by atoms with E-state index < -0.39 is 7.12 Å². The van der Waals surface area contributed by atoms with Crippen molar-refractivity contribution in [3.63, 3.8) is 0 Å². The lowest BCUT2D eigenvalue weighted by molar-refractivity contribution is 0.0988. The van der Waals surface area contributed by atoms with Crippen LogP contribution >= 0.6 is 0 Å². The number of phenolic OH excluding ortho intramolecular Hbond substituents is 1. The van der Waals surface area contributed by atoms with Gasteiger partial charge in [0.1, 0.15) is 5.75 Å². The van der Waals surface area contributed by atoms with E-state index in [0.717, 1.165) is 0 Å². The molecule has 0 amide bonds. The van der Waals surface area contributed by atoms with Crippen molar-refractivity contribution in [2.24, 2.45) is 0 Å². The van der Waals surface area contributed by atoms with Gasteiger partial charge in [-0.15, -0.1) is 0 Å². The van der Waals surface area contributed by atoms with Gasteiger partial charge in [-0.05, 0) is 18.2 Å². The van der Waals surface area contributed by atoms with E-state index in [0.29, 0.717) is 12.0 Å². The first kappa shape index (κ1) is 10.8. The molecule has 0 heterocycles. The average Bonchev–Trinajstić information content (AvgIpc) is 2.17. The van der Waals surface area contributed by atoms with Crippen LogP contribution in [0.15, 0.2) is 18.2 Å². The molecule has 4 nitrogen and oxygen atoms in total. The Morgan fingerprint density at radius 2 is 2.07 bits per heavy atom. The SMILES string of the molecule is CCC(=O)c1ccc(O)c(B(O)O)c1. The molecule has 0 atom stereocenters. The monoisotopic (exact) mass is 194 g/mol. The van der Waals surface area contributed by atoms with Crippen LogP contribution in [0.3, 0.4) is 0 Å². The topological polar surface area (TPSA) is 77.8 Å². The summed E-state index contributed by atoms with van der Waals surface area (Å²) in [6.45, 7) is 1.71. The number of hydrogen-bond donors (Lipinski definition) is 3. The highest BCUT2D eigenvalue weighted by atomic mass is 16.4. The van der Waals surface area contributed by atoms with Crippen molar-refractivity contribution in [3.8, 4) is 5.75 Å². The van der Waals surface area contributed by atoms with Crippen LogP contribution in [-0.2, 0) is 0 Å². The fourth-order valence-corrected chi connectivity index (χ4v) is 1.14. The molecule has 0 aliphatic rings. The third-order valence-electron chi connectivity index (χ3n) is 1.95. The van der Waals surface area contributed by atoms with Crippen molar-refractivity contribution in [2.75, 3.05) is 0 Å². The van der Waals surface area contributed by atoms with Crippen LogP contribution in [0.5, 0.6) is 5.75 Å². The standard InChI is InChI=1S/C9H11BO4/c1-2-8(11)6-3-4-9(12)7(5-6)10(13)14/h3-5,12-14H,2H2,1H3. The number of rotatable bonds is 3. The lowest BCUT2D eigenvalue weighted by atomic mass is 9.78. The molecule has 1 aromatic rings. The lowest BCUT2D eigenvalue weighted by Crippen LogP contribution is -2.30. The molecule has 0 aromatic heterocycles.